The summed E-state index contributed by atoms with van der Waals surface area (Å²) in [5.74, 6) is -1.64. The molecule has 68 valence electrons. The maximum Gasteiger partial charge on any atom is 0.309 e. The normalized spacial score (nSPS) is 18.7. The Kier molecular flexibility index (Phi) is 3.04. The molecule has 0 saturated carbocycles. The second-order valence-electron chi connectivity index (χ2n) is 2.72. The predicted molar refractivity (Wildman–Crippen MR) is 41.2 cm³/mol. The Hall–Kier alpha value is -1.10. The molecular formula is C7H12N2O3. The molecule has 1 aliphatic heterocycles. The molecule has 5 heteroatoms. The van der Waals surface area contributed by atoms with Crippen molar-refractivity contribution in [2.75, 3.05) is 13.2 Å². The predicted octanol–water partition coefficient (Wildman–Crippen LogP) is -1.23. The van der Waals surface area contributed by atoms with Crippen LogP contribution < -0.4 is 11.1 Å². The first kappa shape index (κ1) is 8.99. The SMILES string of the molecule is NC(=O)C(=O)NC1CCOCC1. The van der Waals surface area contributed by atoms with Gasteiger partial charge in [0.2, 0.25) is 0 Å². The first-order chi connectivity index (χ1) is 5.70. The summed E-state index contributed by atoms with van der Waals surface area (Å²) < 4.78 is 5.07. The van der Waals surface area contributed by atoms with Gasteiger partial charge in [-0.2, -0.15) is 0 Å². The molecule has 1 saturated heterocycles. The van der Waals surface area contributed by atoms with Crippen LogP contribution in [0.5, 0.6) is 0 Å². The van der Waals surface area contributed by atoms with E-state index in [1.165, 1.54) is 0 Å². The molecule has 0 aromatic heterocycles. The van der Waals surface area contributed by atoms with E-state index in [1.807, 2.05) is 0 Å². The van der Waals surface area contributed by atoms with E-state index in [4.69, 9.17) is 10.5 Å². The highest BCUT2D eigenvalue weighted by Gasteiger charge is 2.18. The molecule has 5 nitrogen and oxygen atoms in total. The molecule has 12 heavy (non-hydrogen) atoms. The van der Waals surface area contributed by atoms with E-state index < -0.39 is 11.8 Å². The molecule has 0 aromatic carbocycles. The second-order valence-corrected chi connectivity index (χ2v) is 2.72. The number of hydrogen-bond donors (Lipinski definition) is 2. The van der Waals surface area contributed by atoms with Crippen molar-refractivity contribution in [1.82, 2.24) is 5.32 Å². The standard InChI is InChI=1S/C7H12N2O3/c8-6(10)7(11)9-5-1-3-12-4-2-5/h5H,1-4H2,(H2,8,10)(H,9,11). The molecule has 1 rings (SSSR count). The van der Waals surface area contributed by atoms with Gasteiger partial charge in [0.25, 0.3) is 0 Å². The van der Waals surface area contributed by atoms with Crippen LogP contribution in [0, 0.1) is 0 Å². The van der Waals surface area contributed by atoms with Crippen molar-refractivity contribution in [2.24, 2.45) is 5.73 Å². The fourth-order valence-electron chi connectivity index (χ4n) is 1.10. The average molecular weight is 172 g/mol. The zero-order valence-electron chi connectivity index (χ0n) is 6.71. The van der Waals surface area contributed by atoms with Gasteiger partial charge in [-0.05, 0) is 12.8 Å². The van der Waals surface area contributed by atoms with Crippen molar-refractivity contribution >= 4 is 11.8 Å². The molecule has 0 aliphatic carbocycles. The quantitative estimate of drug-likeness (QED) is 0.486. The Labute approximate surface area is 70.2 Å². The number of rotatable bonds is 1. The van der Waals surface area contributed by atoms with Crippen LogP contribution in [0.3, 0.4) is 0 Å². The highest BCUT2D eigenvalue weighted by molar-refractivity contribution is 6.34. The number of primary amides is 1. The number of nitrogens with two attached hydrogens (primary N) is 1. The molecule has 0 bridgehead atoms. The van der Waals surface area contributed by atoms with Crippen LogP contribution in [0.15, 0.2) is 0 Å². The van der Waals surface area contributed by atoms with Gasteiger partial charge in [-0.15, -0.1) is 0 Å². The molecule has 3 N–H and O–H groups in total. The number of amides is 2. The van der Waals surface area contributed by atoms with Crippen molar-refractivity contribution in [3.63, 3.8) is 0 Å². The Bertz CT molecular complexity index is 187. The maximum atomic E-state index is 10.8. The van der Waals surface area contributed by atoms with E-state index in [9.17, 15) is 9.59 Å². The molecule has 0 radical (unpaired) electrons. The monoisotopic (exact) mass is 172 g/mol. The molecule has 1 heterocycles. The number of ether oxygens (including phenoxy) is 1. The molecular weight excluding hydrogens is 160 g/mol. The van der Waals surface area contributed by atoms with Gasteiger partial charge in [0, 0.05) is 19.3 Å². The van der Waals surface area contributed by atoms with E-state index >= 15 is 0 Å². The van der Waals surface area contributed by atoms with Gasteiger partial charge >= 0.3 is 11.8 Å². The minimum absolute atomic E-state index is 0.0405. The third kappa shape index (κ3) is 2.50. The lowest BCUT2D eigenvalue weighted by Crippen LogP contribution is -2.44. The minimum atomic E-state index is -0.929. The summed E-state index contributed by atoms with van der Waals surface area (Å²) in [4.78, 5) is 21.1. The van der Waals surface area contributed by atoms with Crippen LogP contribution in [0.4, 0.5) is 0 Å². The molecule has 0 aromatic rings. The molecule has 0 atom stereocenters. The van der Waals surface area contributed by atoms with E-state index in [1.54, 1.807) is 0 Å². The van der Waals surface area contributed by atoms with Crippen molar-refractivity contribution in [3.8, 4) is 0 Å². The van der Waals surface area contributed by atoms with Crippen LogP contribution in [0.25, 0.3) is 0 Å². The number of carbonyl (C=O) groups excluding carboxylic acids is 2. The van der Waals surface area contributed by atoms with Crippen LogP contribution in [-0.2, 0) is 14.3 Å². The first-order valence-corrected chi connectivity index (χ1v) is 3.88. The van der Waals surface area contributed by atoms with E-state index in [2.05, 4.69) is 5.32 Å². The summed E-state index contributed by atoms with van der Waals surface area (Å²) in [7, 11) is 0. The molecule has 2 amide bonds. The van der Waals surface area contributed by atoms with Gasteiger partial charge in [-0.3, -0.25) is 9.59 Å². The summed E-state index contributed by atoms with van der Waals surface area (Å²) in [6.45, 7) is 1.26. The third-order valence-corrected chi connectivity index (χ3v) is 1.78. The number of carbonyl (C=O) groups is 2. The Morgan fingerprint density at radius 3 is 2.42 bits per heavy atom. The van der Waals surface area contributed by atoms with E-state index in [-0.39, 0.29) is 6.04 Å². The fraction of sp³-hybridized carbons (Fsp3) is 0.714. The van der Waals surface area contributed by atoms with Gasteiger partial charge in [0.1, 0.15) is 0 Å². The molecule has 1 aliphatic rings. The third-order valence-electron chi connectivity index (χ3n) is 1.78. The minimum Gasteiger partial charge on any atom is -0.381 e. The maximum absolute atomic E-state index is 10.8. The van der Waals surface area contributed by atoms with Crippen LogP contribution in [-0.4, -0.2) is 31.1 Å². The smallest absolute Gasteiger partial charge is 0.309 e. The summed E-state index contributed by atoms with van der Waals surface area (Å²) in [5, 5.41) is 2.52. The topological polar surface area (TPSA) is 81.4 Å². The Balaban J connectivity index is 2.29. The zero-order valence-corrected chi connectivity index (χ0v) is 6.71. The highest BCUT2D eigenvalue weighted by Crippen LogP contribution is 2.05. The van der Waals surface area contributed by atoms with Crippen molar-refractivity contribution in [2.45, 2.75) is 18.9 Å². The van der Waals surface area contributed by atoms with Gasteiger partial charge in [0.15, 0.2) is 0 Å². The van der Waals surface area contributed by atoms with Crippen LogP contribution >= 0.6 is 0 Å². The lowest BCUT2D eigenvalue weighted by molar-refractivity contribution is -0.138. The van der Waals surface area contributed by atoms with Crippen LogP contribution in [0.1, 0.15) is 12.8 Å². The molecule has 1 fully saturated rings. The number of hydrogen-bond acceptors (Lipinski definition) is 3. The van der Waals surface area contributed by atoms with Crippen molar-refractivity contribution < 1.29 is 14.3 Å². The van der Waals surface area contributed by atoms with E-state index in [0.717, 1.165) is 12.8 Å². The van der Waals surface area contributed by atoms with Gasteiger partial charge < -0.3 is 15.8 Å². The van der Waals surface area contributed by atoms with Crippen molar-refractivity contribution in [1.29, 1.82) is 0 Å². The summed E-state index contributed by atoms with van der Waals surface area (Å²) in [6.07, 6.45) is 1.50. The Morgan fingerprint density at radius 2 is 1.92 bits per heavy atom. The van der Waals surface area contributed by atoms with Gasteiger partial charge in [-0.1, -0.05) is 0 Å². The van der Waals surface area contributed by atoms with Gasteiger partial charge in [-0.25, -0.2) is 0 Å². The summed E-state index contributed by atoms with van der Waals surface area (Å²) in [6, 6.07) is 0.0405. The van der Waals surface area contributed by atoms with Crippen LogP contribution in [0.2, 0.25) is 0 Å². The lowest BCUT2D eigenvalue weighted by atomic mass is 10.1. The fourth-order valence-corrected chi connectivity index (χ4v) is 1.10. The lowest BCUT2D eigenvalue weighted by Gasteiger charge is -2.22. The molecule has 0 unspecified atom stereocenters. The number of nitrogens with one attached hydrogen (secondary N) is 1. The zero-order chi connectivity index (χ0) is 8.97. The van der Waals surface area contributed by atoms with Gasteiger partial charge in [0.05, 0.1) is 0 Å². The largest absolute Gasteiger partial charge is 0.381 e. The summed E-state index contributed by atoms with van der Waals surface area (Å²) >= 11 is 0. The Morgan fingerprint density at radius 1 is 1.33 bits per heavy atom. The summed E-state index contributed by atoms with van der Waals surface area (Å²) in [5.41, 5.74) is 4.77. The average Bonchev–Trinajstić information content (AvgIpc) is 2.06. The first-order valence-electron chi connectivity index (χ1n) is 3.88. The molecule has 0 spiro atoms. The highest BCUT2D eigenvalue weighted by atomic mass is 16.5. The van der Waals surface area contributed by atoms with Crippen molar-refractivity contribution in [3.05, 3.63) is 0 Å². The van der Waals surface area contributed by atoms with E-state index in [0.29, 0.717) is 13.2 Å². The second kappa shape index (κ2) is 4.06.